The van der Waals surface area contributed by atoms with Crippen LogP contribution in [-0.4, -0.2) is 71.8 Å². The molecule has 0 radical (unpaired) electrons. The van der Waals surface area contributed by atoms with Gasteiger partial charge in [0.15, 0.2) is 0 Å². The summed E-state index contributed by atoms with van der Waals surface area (Å²) in [6.45, 7) is 9.82. The molecule has 2 fully saturated rings. The Morgan fingerprint density at radius 1 is 1.23 bits per heavy atom. The first-order valence-electron chi connectivity index (χ1n) is 11.4. The summed E-state index contributed by atoms with van der Waals surface area (Å²) in [5, 5.41) is 15.7. The SMILES string of the molecule is CCN1CCC[C@@]2(O)[C@@H](C)NCC[C@]2(c2cc(OC)ccc2C)CC(=O)N(CC)C1=O. The van der Waals surface area contributed by atoms with Gasteiger partial charge < -0.3 is 20.1 Å². The Balaban J connectivity index is 2.21. The van der Waals surface area contributed by atoms with Crippen LogP contribution in [-0.2, 0) is 10.2 Å². The van der Waals surface area contributed by atoms with E-state index in [2.05, 4.69) is 5.32 Å². The second kappa shape index (κ2) is 9.17. The molecule has 2 saturated heterocycles. The van der Waals surface area contributed by atoms with E-state index in [0.717, 1.165) is 11.1 Å². The van der Waals surface area contributed by atoms with Crippen molar-refractivity contribution >= 4 is 11.9 Å². The van der Waals surface area contributed by atoms with Crippen molar-refractivity contribution in [1.29, 1.82) is 0 Å². The van der Waals surface area contributed by atoms with Gasteiger partial charge in [-0.3, -0.25) is 9.69 Å². The number of carbonyl (C=O) groups is 2. The number of hydrogen-bond donors (Lipinski definition) is 2. The quantitative estimate of drug-likeness (QED) is 0.766. The van der Waals surface area contributed by atoms with E-state index in [1.54, 1.807) is 12.0 Å². The summed E-state index contributed by atoms with van der Waals surface area (Å²) >= 11 is 0. The van der Waals surface area contributed by atoms with Crippen LogP contribution in [0.15, 0.2) is 18.2 Å². The highest BCUT2D eigenvalue weighted by Gasteiger charge is 2.58. The maximum atomic E-state index is 13.6. The van der Waals surface area contributed by atoms with Gasteiger partial charge in [-0.1, -0.05) is 6.07 Å². The third-order valence-corrected chi connectivity index (χ3v) is 7.45. The van der Waals surface area contributed by atoms with E-state index in [0.29, 0.717) is 51.2 Å². The molecular weight excluding hydrogens is 394 g/mol. The Bertz CT molecular complexity index is 829. The monoisotopic (exact) mass is 431 g/mol. The number of fused-ring (bicyclic) bond motifs is 1. The number of benzene rings is 1. The molecule has 0 aliphatic carbocycles. The van der Waals surface area contributed by atoms with Gasteiger partial charge in [0.1, 0.15) is 5.75 Å². The molecule has 2 aliphatic rings. The average molecular weight is 432 g/mol. The van der Waals surface area contributed by atoms with Crippen LogP contribution in [0.2, 0.25) is 0 Å². The number of urea groups is 1. The van der Waals surface area contributed by atoms with Crippen LogP contribution >= 0.6 is 0 Å². The lowest BCUT2D eigenvalue weighted by atomic mass is 9.56. The number of aliphatic hydroxyl groups is 1. The fraction of sp³-hybridized carbons (Fsp3) is 0.667. The zero-order valence-corrected chi connectivity index (χ0v) is 19.5. The third-order valence-electron chi connectivity index (χ3n) is 7.45. The maximum absolute atomic E-state index is 13.6. The molecule has 3 atom stereocenters. The number of nitrogens with zero attached hydrogens (tertiary/aromatic N) is 2. The smallest absolute Gasteiger partial charge is 0.326 e. The van der Waals surface area contributed by atoms with Crippen molar-refractivity contribution in [3.63, 3.8) is 0 Å². The van der Waals surface area contributed by atoms with E-state index in [9.17, 15) is 14.7 Å². The predicted octanol–water partition coefficient (Wildman–Crippen LogP) is 2.83. The van der Waals surface area contributed by atoms with Crippen molar-refractivity contribution in [2.75, 3.05) is 33.3 Å². The number of rotatable bonds is 4. The van der Waals surface area contributed by atoms with Crippen molar-refractivity contribution in [2.24, 2.45) is 0 Å². The van der Waals surface area contributed by atoms with Crippen LogP contribution in [0.3, 0.4) is 0 Å². The molecular formula is C24H37N3O4. The highest BCUT2D eigenvalue weighted by atomic mass is 16.5. The molecule has 1 aromatic carbocycles. The van der Waals surface area contributed by atoms with Gasteiger partial charge in [-0.25, -0.2) is 4.79 Å². The Hall–Kier alpha value is -2.12. The summed E-state index contributed by atoms with van der Waals surface area (Å²) in [4.78, 5) is 29.7. The number of carbonyl (C=O) groups excluding carboxylic acids is 2. The van der Waals surface area contributed by atoms with Crippen molar-refractivity contribution in [2.45, 2.75) is 70.4 Å². The van der Waals surface area contributed by atoms with E-state index >= 15 is 0 Å². The summed E-state index contributed by atoms with van der Waals surface area (Å²) in [7, 11) is 1.62. The van der Waals surface area contributed by atoms with E-state index in [1.165, 1.54) is 4.90 Å². The fourth-order valence-electron chi connectivity index (χ4n) is 5.58. The second-order valence-electron chi connectivity index (χ2n) is 8.89. The summed E-state index contributed by atoms with van der Waals surface area (Å²) in [5.74, 6) is 0.469. The molecule has 7 nitrogen and oxygen atoms in total. The van der Waals surface area contributed by atoms with Crippen molar-refractivity contribution in [3.05, 3.63) is 29.3 Å². The van der Waals surface area contributed by atoms with Gasteiger partial charge >= 0.3 is 6.03 Å². The summed E-state index contributed by atoms with van der Waals surface area (Å²) in [6, 6.07) is 5.43. The number of hydrogen-bond acceptors (Lipinski definition) is 5. The number of piperidine rings is 1. The molecule has 3 rings (SSSR count). The molecule has 7 heteroatoms. The molecule has 1 aromatic rings. The first kappa shape index (κ1) is 23.5. The second-order valence-corrected chi connectivity index (χ2v) is 8.89. The molecule has 0 bridgehead atoms. The summed E-state index contributed by atoms with van der Waals surface area (Å²) < 4.78 is 5.50. The number of imide groups is 1. The van der Waals surface area contributed by atoms with E-state index < -0.39 is 11.0 Å². The molecule has 0 saturated carbocycles. The third kappa shape index (κ3) is 3.94. The zero-order chi connectivity index (χ0) is 22.8. The summed E-state index contributed by atoms with van der Waals surface area (Å²) in [5.41, 5.74) is 0.00222. The maximum Gasteiger partial charge on any atom is 0.326 e. The first-order valence-corrected chi connectivity index (χ1v) is 11.4. The minimum Gasteiger partial charge on any atom is -0.497 e. The summed E-state index contributed by atoms with van der Waals surface area (Å²) in [6.07, 6.45) is 1.86. The largest absolute Gasteiger partial charge is 0.497 e. The number of nitrogens with one attached hydrogen (secondary N) is 1. The molecule has 31 heavy (non-hydrogen) atoms. The highest BCUT2D eigenvalue weighted by Crippen LogP contribution is 2.50. The molecule has 2 heterocycles. The van der Waals surface area contributed by atoms with Crippen LogP contribution in [0.1, 0.15) is 57.6 Å². The minimum absolute atomic E-state index is 0.0840. The Kier molecular flexibility index (Phi) is 6.96. The Labute approximate surface area is 185 Å². The van der Waals surface area contributed by atoms with Crippen LogP contribution in [0.25, 0.3) is 0 Å². The zero-order valence-electron chi connectivity index (χ0n) is 19.5. The topological polar surface area (TPSA) is 82.1 Å². The van der Waals surface area contributed by atoms with Gasteiger partial charge in [0.05, 0.1) is 12.7 Å². The van der Waals surface area contributed by atoms with Crippen LogP contribution in [0.4, 0.5) is 4.79 Å². The van der Waals surface area contributed by atoms with Crippen LogP contribution in [0, 0.1) is 6.92 Å². The van der Waals surface area contributed by atoms with Gasteiger partial charge in [0.25, 0.3) is 0 Å². The standard InChI is InChI=1S/C24H37N3O4/c1-6-26-14-8-11-24(30)18(4)25-13-12-23(24,16-21(28)27(7-2)22(26)29)20-15-19(31-5)10-9-17(20)3/h9-10,15,18,25,30H,6-8,11-14,16H2,1-5H3/t18-,23-,24-/m1/s1. The molecule has 2 aliphatic heterocycles. The molecule has 2 N–H and O–H groups in total. The lowest BCUT2D eigenvalue weighted by Crippen LogP contribution is -2.68. The molecule has 3 amide bonds. The Morgan fingerprint density at radius 3 is 2.61 bits per heavy atom. The Morgan fingerprint density at radius 2 is 1.97 bits per heavy atom. The predicted molar refractivity (Wildman–Crippen MR) is 120 cm³/mol. The van der Waals surface area contributed by atoms with Gasteiger partial charge in [0, 0.05) is 37.5 Å². The number of ether oxygens (including phenoxy) is 1. The number of methoxy groups -OCH3 is 1. The molecule has 0 unspecified atom stereocenters. The van der Waals surface area contributed by atoms with Crippen molar-refractivity contribution < 1.29 is 19.4 Å². The highest BCUT2D eigenvalue weighted by molar-refractivity contribution is 5.95. The van der Waals surface area contributed by atoms with E-state index in [-0.39, 0.29) is 24.4 Å². The van der Waals surface area contributed by atoms with Crippen LogP contribution in [0.5, 0.6) is 5.75 Å². The normalized spacial score (nSPS) is 30.2. The lowest BCUT2D eigenvalue weighted by Gasteiger charge is -2.55. The fourth-order valence-corrected chi connectivity index (χ4v) is 5.58. The molecule has 0 aromatic heterocycles. The number of amides is 3. The number of aryl methyl sites for hydroxylation is 1. The van der Waals surface area contributed by atoms with E-state index in [4.69, 9.17) is 4.74 Å². The van der Waals surface area contributed by atoms with Crippen molar-refractivity contribution in [3.8, 4) is 5.75 Å². The molecule has 0 spiro atoms. The van der Waals surface area contributed by atoms with Gasteiger partial charge in [-0.2, -0.15) is 0 Å². The molecule has 172 valence electrons. The van der Waals surface area contributed by atoms with Gasteiger partial charge in [-0.15, -0.1) is 0 Å². The van der Waals surface area contributed by atoms with Gasteiger partial charge in [0.2, 0.25) is 5.91 Å². The average Bonchev–Trinajstić information content (AvgIpc) is 2.75. The van der Waals surface area contributed by atoms with E-state index in [1.807, 2.05) is 45.9 Å². The van der Waals surface area contributed by atoms with Crippen molar-refractivity contribution in [1.82, 2.24) is 15.1 Å². The first-order chi connectivity index (χ1) is 14.7. The lowest BCUT2D eigenvalue weighted by molar-refractivity contribution is -0.141. The minimum atomic E-state index is -1.14. The van der Waals surface area contributed by atoms with Crippen LogP contribution < -0.4 is 10.1 Å². The van der Waals surface area contributed by atoms with Gasteiger partial charge in [-0.05, 0) is 76.8 Å².